The first-order valence-corrected chi connectivity index (χ1v) is 10.5. The minimum Gasteiger partial charge on any atom is -0.496 e. The number of nitrogens with one attached hydrogen (secondary N) is 2. The van der Waals surface area contributed by atoms with Crippen molar-refractivity contribution < 1.29 is 19.1 Å². The Hall–Kier alpha value is -3.81. The number of para-hydroxylation sites is 1. The van der Waals surface area contributed by atoms with Crippen molar-refractivity contribution in [2.24, 2.45) is 0 Å². The Labute approximate surface area is 186 Å². The highest BCUT2D eigenvalue weighted by Crippen LogP contribution is 2.37. The van der Waals surface area contributed by atoms with Gasteiger partial charge in [0.1, 0.15) is 17.8 Å². The third-order valence-corrected chi connectivity index (χ3v) is 5.69. The van der Waals surface area contributed by atoms with Crippen LogP contribution in [0.3, 0.4) is 0 Å². The summed E-state index contributed by atoms with van der Waals surface area (Å²) in [5, 5.41) is 2.88. The minimum atomic E-state index is -0.811. The van der Waals surface area contributed by atoms with Crippen LogP contribution in [-0.4, -0.2) is 53.7 Å². The van der Waals surface area contributed by atoms with Crippen LogP contribution >= 0.6 is 0 Å². The van der Waals surface area contributed by atoms with E-state index in [0.717, 1.165) is 22.5 Å². The minimum absolute atomic E-state index is 0.333. The molecule has 32 heavy (non-hydrogen) atoms. The van der Waals surface area contributed by atoms with Gasteiger partial charge in [0.05, 0.1) is 26.2 Å². The number of hydrogen-bond donors (Lipinski definition) is 2. The Kier molecular flexibility index (Phi) is 6.39. The fourth-order valence-corrected chi connectivity index (χ4v) is 4.12. The molecule has 0 saturated heterocycles. The van der Waals surface area contributed by atoms with Gasteiger partial charge in [-0.15, -0.1) is 0 Å². The van der Waals surface area contributed by atoms with Crippen LogP contribution in [0.25, 0.3) is 0 Å². The monoisotopic (exact) mass is 434 g/mol. The smallest absolute Gasteiger partial charge is 0.328 e. The summed E-state index contributed by atoms with van der Waals surface area (Å²) in [5.74, 6) is 0.175. The first-order valence-electron chi connectivity index (χ1n) is 10.5. The summed E-state index contributed by atoms with van der Waals surface area (Å²) in [6, 6.07) is 15.5. The average molecular weight is 434 g/mol. The van der Waals surface area contributed by atoms with E-state index in [2.05, 4.69) is 15.3 Å². The van der Waals surface area contributed by atoms with Gasteiger partial charge in [0.2, 0.25) is 0 Å². The van der Waals surface area contributed by atoms with Crippen LogP contribution in [0.15, 0.2) is 60.9 Å². The molecule has 2 atom stereocenters. The van der Waals surface area contributed by atoms with Crippen LogP contribution in [0.1, 0.15) is 28.6 Å². The number of rotatable bonds is 6. The molecule has 166 valence electrons. The van der Waals surface area contributed by atoms with Gasteiger partial charge >= 0.3 is 12.0 Å². The van der Waals surface area contributed by atoms with Crippen molar-refractivity contribution in [1.82, 2.24) is 20.2 Å². The van der Waals surface area contributed by atoms with Gasteiger partial charge in [-0.2, -0.15) is 0 Å². The molecule has 0 bridgehead atoms. The molecule has 1 aliphatic heterocycles. The van der Waals surface area contributed by atoms with E-state index >= 15 is 0 Å². The Morgan fingerprint density at radius 2 is 1.91 bits per heavy atom. The number of methoxy groups -OCH3 is 2. The number of urea groups is 1. The SMILES string of the molecule is COC(=O)[C@H](Cc1ccccc1)NC(=O)N1CCc2[nH]cnc2C1c1ccccc1OC. The molecule has 0 radical (unpaired) electrons. The zero-order valence-electron chi connectivity index (χ0n) is 18.1. The van der Waals surface area contributed by atoms with Crippen LogP contribution in [0.5, 0.6) is 5.75 Å². The van der Waals surface area contributed by atoms with Crippen LogP contribution in [0.2, 0.25) is 0 Å². The van der Waals surface area contributed by atoms with E-state index in [-0.39, 0.29) is 6.03 Å². The predicted octanol–water partition coefficient (Wildman–Crippen LogP) is 2.86. The summed E-state index contributed by atoms with van der Waals surface area (Å²) in [7, 11) is 2.92. The second-order valence-corrected chi connectivity index (χ2v) is 7.57. The first kappa shape index (κ1) is 21.4. The molecule has 2 N–H and O–H groups in total. The predicted molar refractivity (Wildman–Crippen MR) is 118 cm³/mol. The van der Waals surface area contributed by atoms with Crippen LogP contribution < -0.4 is 10.1 Å². The number of aromatic amines is 1. The zero-order valence-corrected chi connectivity index (χ0v) is 18.1. The maximum Gasteiger partial charge on any atom is 0.328 e. The molecule has 4 rings (SSSR count). The zero-order chi connectivity index (χ0) is 22.5. The van der Waals surface area contributed by atoms with Gasteiger partial charge in [-0.25, -0.2) is 14.6 Å². The van der Waals surface area contributed by atoms with Gasteiger partial charge in [0.25, 0.3) is 0 Å². The Bertz CT molecular complexity index is 1080. The molecule has 0 aliphatic carbocycles. The van der Waals surface area contributed by atoms with Crippen molar-refractivity contribution in [3.63, 3.8) is 0 Å². The molecule has 3 aromatic rings. The molecule has 0 fully saturated rings. The number of esters is 1. The molecular formula is C24H26N4O4. The van der Waals surface area contributed by atoms with Gasteiger partial charge in [0, 0.05) is 30.6 Å². The second kappa shape index (κ2) is 9.55. The molecule has 2 amide bonds. The fraction of sp³-hybridized carbons (Fsp3) is 0.292. The highest BCUT2D eigenvalue weighted by molar-refractivity contribution is 5.84. The lowest BCUT2D eigenvalue weighted by atomic mass is 9.95. The maximum atomic E-state index is 13.5. The molecule has 2 heterocycles. The molecule has 1 unspecified atom stereocenters. The molecule has 8 nitrogen and oxygen atoms in total. The topological polar surface area (TPSA) is 96.6 Å². The molecule has 8 heteroatoms. The lowest BCUT2D eigenvalue weighted by molar-refractivity contribution is -0.142. The van der Waals surface area contributed by atoms with E-state index in [4.69, 9.17) is 9.47 Å². The molecule has 0 saturated carbocycles. The van der Waals surface area contributed by atoms with E-state index < -0.39 is 18.1 Å². The average Bonchev–Trinajstić information content (AvgIpc) is 3.32. The van der Waals surface area contributed by atoms with E-state index in [1.807, 2.05) is 54.6 Å². The number of ether oxygens (including phenoxy) is 2. The quantitative estimate of drug-likeness (QED) is 0.582. The number of carbonyl (C=O) groups excluding carboxylic acids is 2. The highest BCUT2D eigenvalue weighted by atomic mass is 16.5. The Morgan fingerprint density at radius 1 is 1.16 bits per heavy atom. The van der Waals surface area contributed by atoms with Crippen LogP contribution in [0, 0.1) is 0 Å². The molecule has 1 aliphatic rings. The summed E-state index contributed by atoms with van der Waals surface area (Å²) >= 11 is 0. The van der Waals surface area contributed by atoms with E-state index in [0.29, 0.717) is 25.1 Å². The number of nitrogens with zero attached hydrogens (tertiary/aromatic N) is 2. The summed E-state index contributed by atoms with van der Waals surface area (Å²) in [6.45, 7) is 0.461. The summed E-state index contributed by atoms with van der Waals surface area (Å²) in [6.07, 6.45) is 2.61. The van der Waals surface area contributed by atoms with E-state index in [1.165, 1.54) is 7.11 Å². The number of imidazole rings is 1. The molecule has 1 aromatic heterocycles. The van der Waals surface area contributed by atoms with Crippen molar-refractivity contribution in [2.75, 3.05) is 20.8 Å². The number of amides is 2. The fourth-order valence-electron chi connectivity index (χ4n) is 4.12. The number of hydrogen-bond acceptors (Lipinski definition) is 5. The van der Waals surface area contributed by atoms with Gasteiger partial charge < -0.3 is 24.7 Å². The van der Waals surface area contributed by atoms with Crippen LogP contribution in [0.4, 0.5) is 4.79 Å². The molecule has 2 aromatic carbocycles. The largest absolute Gasteiger partial charge is 0.496 e. The number of benzene rings is 2. The third-order valence-electron chi connectivity index (χ3n) is 5.69. The van der Waals surface area contributed by atoms with Crippen molar-refractivity contribution in [1.29, 1.82) is 0 Å². The Balaban J connectivity index is 1.64. The van der Waals surface area contributed by atoms with Gasteiger partial charge in [0.15, 0.2) is 0 Å². The van der Waals surface area contributed by atoms with Crippen molar-refractivity contribution in [2.45, 2.75) is 24.9 Å². The van der Waals surface area contributed by atoms with Crippen molar-refractivity contribution >= 4 is 12.0 Å². The summed E-state index contributed by atoms with van der Waals surface area (Å²) in [4.78, 5) is 35.3. The van der Waals surface area contributed by atoms with Gasteiger partial charge in [-0.3, -0.25) is 0 Å². The summed E-state index contributed by atoms with van der Waals surface area (Å²) in [5.41, 5.74) is 3.51. The van der Waals surface area contributed by atoms with E-state index in [9.17, 15) is 9.59 Å². The number of carbonyl (C=O) groups is 2. The maximum absolute atomic E-state index is 13.5. The third kappa shape index (κ3) is 4.30. The van der Waals surface area contributed by atoms with Crippen molar-refractivity contribution in [3.8, 4) is 5.75 Å². The lowest BCUT2D eigenvalue weighted by Gasteiger charge is -2.36. The van der Waals surface area contributed by atoms with E-state index in [1.54, 1.807) is 18.3 Å². The standard InChI is InChI=1S/C24H26N4O4/c1-31-20-11-7-6-10-17(20)22-21-18(25-15-26-21)12-13-28(22)24(30)27-19(23(29)32-2)14-16-8-4-3-5-9-16/h3-11,15,19,22H,12-14H2,1-2H3,(H,25,26)(H,27,30)/t19-,22?/m0/s1. The number of aromatic nitrogens is 2. The second-order valence-electron chi connectivity index (χ2n) is 7.57. The first-order chi connectivity index (χ1) is 15.6. The number of fused-ring (bicyclic) bond motifs is 1. The molecule has 0 spiro atoms. The Morgan fingerprint density at radius 3 is 2.66 bits per heavy atom. The lowest BCUT2D eigenvalue weighted by Crippen LogP contribution is -2.52. The highest BCUT2D eigenvalue weighted by Gasteiger charge is 2.37. The van der Waals surface area contributed by atoms with Gasteiger partial charge in [-0.05, 0) is 11.6 Å². The van der Waals surface area contributed by atoms with Crippen LogP contribution in [-0.2, 0) is 22.4 Å². The van der Waals surface area contributed by atoms with Crippen molar-refractivity contribution in [3.05, 3.63) is 83.4 Å². The summed E-state index contributed by atoms with van der Waals surface area (Å²) < 4.78 is 10.5. The normalized spacial score (nSPS) is 16.1. The molecular weight excluding hydrogens is 408 g/mol. The number of H-pyrrole nitrogens is 1. The van der Waals surface area contributed by atoms with Gasteiger partial charge in [-0.1, -0.05) is 48.5 Å².